The van der Waals surface area contributed by atoms with Crippen molar-refractivity contribution in [3.63, 3.8) is 0 Å². The lowest BCUT2D eigenvalue weighted by Crippen LogP contribution is -2.39. The molecule has 0 aromatic heterocycles. The van der Waals surface area contributed by atoms with Crippen molar-refractivity contribution in [2.75, 3.05) is 11.9 Å². The number of amides is 1. The minimum absolute atomic E-state index is 0.0213. The van der Waals surface area contributed by atoms with Gasteiger partial charge >= 0.3 is 0 Å². The predicted octanol–water partition coefficient (Wildman–Crippen LogP) is 4.62. The number of nitrogens with one attached hydrogen (secondary N) is 2. The van der Waals surface area contributed by atoms with Gasteiger partial charge in [-0.05, 0) is 25.0 Å². The SMILES string of the molecule is O=C(CNc1c(Cl)cc(Br)cc1Cl)NC1CCCCC1. The second-order valence-electron chi connectivity index (χ2n) is 5.00. The summed E-state index contributed by atoms with van der Waals surface area (Å²) in [5.41, 5.74) is 0.593. The lowest BCUT2D eigenvalue weighted by Gasteiger charge is -2.23. The number of hydrogen-bond acceptors (Lipinski definition) is 2. The molecule has 0 bridgehead atoms. The van der Waals surface area contributed by atoms with Crippen molar-refractivity contribution in [2.45, 2.75) is 38.1 Å². The largest absolute Gasteiger partial charge is 0.374 e. The van der Waals surface area contributed by atoms with Crippen LogP contribution in [-0.4, -0.2) is 18.5 Å². The van der Waals surface area contributed by atoms with Crippen molar-refractivity contribution in [3.8, 4) is 0 Å². The highest BCUT2D eigenvalue weighted by Gasteiger charge is 2.16. The molecule has 2 rings (SSSR count). The molecular formula is C14H17BrCl2N2O. The average molecular weight is 380 g/mol. The van der Waals surface area contributed by atoms with Crippen LogP contribution in [0.4, 0.5) is 5.69 Å². The first-order valence-electron chi connectivity index (χ1n) is 6.74. The van der Waals surface area contributed by atoms with Crippen LogP contribution >= 0.6 is 39.1 Å². The van der Waals surface area contributed by atoms with Gasteiger partial charge in [-0.25, -0.2) is 0 Å². The van der Waals surface area contributed by atoms with Crippen LogP contribution in [0.1, 0.15) is 32.1 Å². The summed E-state index contributed by atoms with van der Waals surface area (Å²) in [5, 5.41) is 7.03. The highest BCUT2D eigenvalue weighted by Crippen LogP contribution is 2.33. The third kappa shape index (κ3) is 4.54. The van der Waals surface area contributed by atoms with Crippen molar-refractivity contribution in [1.29, 1.82) is 0 Å². The third-order valence-electron chi connectivity index (χ3n) is 3.40. The van der Waals surface area contributed by atoms with Gasteiger partial charge in [-0.2, -0.15) is 0 Å². The van der Waals surface area contributed by atoms with Gasteiger partial charge in [0.05, 0.1) is 22.3 Å². The molecule has 1 fully saturated rings. The number of carbonyl (C=O) groups is 1. The fourth-order valence-electron chi connectivity index (χ4n) is 2.41. The summed E-state index contributed by atoms with van der Waals surface area (Å²) in [4.78, 5) is 11.9. The van der Waals surface area contributed by atoms with E-state index in [1.165, 1.54) is 19.3 Å². The van der Waals surface area contributed by atoms with Crippen LogP contribution in [0.5, 0.6) is 0 Å². The molecule has 20 heavy (non-hydrogen) atoms. The zero-order chi connectivity index (χ0) is 14.5. The number of benzene rings is 1. The van der Waals surface area contributed by atoms with Gasteiger partial charge in [0.2, 0.25) is 5.91 Å². The number of anilines is 1. The molecule has 110 valence electrons. The van der Waals surface area contributed by atoms with Crippen LogP contribution in [-0.2, 0) is 4.79 Å². The molecule has 0 atom stereocenters. The van der Waals surface area contributed by atoms with Gasteiger partial charge in [-0.3, -0.25) is 4.79 Å². The quantitative estimate of drug-likeness (QED) is 0.801. The molecule has 0 heterocycles. The van der Waals surface area contributed by atoms with Crippen LogP contribution in [0.3, 0.4) is 0 Å². The van der Waals surface area contributed by atoms with Gasteiger partial charge in [0.25, 0.3) is 0 Å². The molecule has 2 N–H and O–H groups in total. The average Bonchev–Trinajstić information content (AvgIpc) is 2.38. The van der Waals surface area contributed by atoms with E-state index >= 15 is 0 Å². The Morgan fingerprint density at radius 1 is 1.20 bits per heavy atom. The lowest BCUT2D eigenvalue weighted by molar-refractivity contribution is -0.120. The minimum atomic E-state index is -0.0213. The van der Waals surface area contributed by atoms with E-state index in [1.807, 2.05) is 0 Å². The summed E-state index contributed by atoms with van der Waals surface area (Å²) >= 11 is 15.5. The first-order chi connectivity index (χ1) is 9.56. The molecule has 1 aromatic rings. The summed E-state index contributed by atoms with van der Waals surface area (Å²) in [5.74, 6) is -0.0213. The highest BCUT2D eigenvalue weighted by molar-refractivity contribution is 9.10. The van der Waals surface area contributed by atoms with E-state index in [0.29, 0.717) is 21.8 Å². The monoisotopic (exact) mass is 378 g/mol. The van der Waals surface area contributed by atoms with E-state index < -0.39 is 0 Å². The Morgan fingerprint density at radius 3 is 2.40 bits per heavy atom. The Balaban J connectivity index is 1.87. The van der Waals surface area contributed by atoms with Crippen molar-refractivity contribution in [2.24, 2.45) is 0 Å². The lowest BCUT2D eigenvalue weighted by atomic mass is 9.95. The Labute approximate surface area is 137 Å². The Hall–Kier alpha value is -0.450. The molecule has 0 aliphatic heterocycles. The van der Waals surface area contributed by atoms with Gasteiger partial charge in [-0.1, -0.05) is 58.4 Å². The number of halogens is 3. The molecule has 1 aliphatic rings. The fourth-order valence-corrected chi connectivity index (χ4v) is 3.75. The molecule has 6 heteroatoms. The maximum Gasteiger partial charge on any atom is 0.239 e. The molecule has 0 radical (unpaired) electrons. The van der Waals surface area contributed by atoms with Crippen molar-refractivity contribution >= 4 is 50.7 Å². The molecule has 0 spiro atoms. The number of carbonyl (C=O) groups excluding carboxylic acids is 1. The zero-order valence-electron chi connectivity index (χ0n) is 11.0. The van der Waals surface area contributed by atoms with Crippen molar-refractivity contribution in [1.82, 2.24) is 5.32 Å². The van der Waals surface area contributed by atoms with E-state index in [2.05, 4.69) is 26.6 Å². The third-order valence-corrected chi connectivity index (χ3v) is 4.46. The molecule has 0 unspecified atom stereocenters. The predicted molar refractivity (Wildman–Crippen MR) is 87.7 cm³/mol. The summed E-state index contributed by atoms with van der Waals surface area (Å²) in [6, 6.07) is 3.80. The van der Waals surface area contributed by atoms with Gasteiger partial charge in [0.1, 0.15) is 0 Å². The Morgan fingerprint density at radius 2 is 1.80 bits per heavy atom. The second-order valence-corrected chi connectivity index (χ2v) is 6.73. The van der Waals surface area contributed by atoms with Crippen LogP contribution in [0.25, 0.3) is 0 Å². The first-order valence-corrected chi connectivity index (χ1v) is 8.29. The van der Waals surface area contributed by atoms with Gasteiger partial charge in [0, 0.05) is 10.5 Å². The van der Waals surface area contributed by atoms with E-state index in [9.17, 15) is 4.79 Å². The number of hydrogen-bond donors (Lipinski definition) is 2. The van der Waals surface area contributed by atoms with Gasteiger partial charge in [0.15, 0.2) is 0 Å². The van der Waals surface area contributed by atoms with Crippen LogP contribution < -0.4 is 10.6 Å². The molecule has 3 nitrogen and oxygen atoms in total. The zero-order valence-corrected chi connectivity index (χ0v) is 14.1. The normalized spacial score (nSPS) is 15.9. The first kappa shape index (κ1) is 15.9. The molecule has 1 aromatic carbocycles. The molecule has 1 amide bonds. The smallest absolute Gasteiger partial charge is 0.239 e. The van der Waals surface area contributed by atoms with E-state index in [-0.39, 0.29) is 12.5 Å². The van der Waals surface area contributed by atoms with Crippen LogP contribution in [0.2, 0.25) is 10.0 Å². The maximum atomic E-state index is 11.9. The Bertz CT molecular complexity index is 467. The molecule has 0 saturated heterocycles. The summed E-state index contributed by atoms with van der Waals surface area (Å²) < 4.78 is 0.810. The van der Waals surface area contributed by atoms with Crippen LogP contribution in [0, 0.1) is 0 Å². The maximum absolute atomic E-state index is 11.9. The van der Waals surface area contributed by atoms with Crippen molar-refractivity contribution in [3.05, 3.63) is 26.7 Å². The minimum Gasteiger partial charge on any atom is -0.374 e. The van der Waals surface area contributed by atoms with Crippen LogP contribution in [0.15, 0.2) is 16.6 Å². The van der Waals surface area contributed by atoms with E-state index in [1.54, 1.807) is 12.1 Å². The molecule has 1 saturated carbocycles. The van der Waals surface area contributed by atoms with Gasteiger partial charge < -0.3 is 10.6 Å². The van der Waals surface area contributed by atoms with E-state index in [4.69, 9.17) is 23.2 Å². The summed E-state index contributed by atoms with van der Waals surface area (Å²) in [6.07, 6.45) is 5.82. The fraction of sp³-hybridized carbons (Fsp3) is 0.500. The summed E-state index contributed by atoms with van der Waals surface area (Å²) in [7, 11) is 0. The Kier molecular flexibility index (Phi) is 6.00. The topological polar surface area (TPSA) is 41.1 Å². The van der Waals surface area contributed by atoms with Crippen molar-refractivity contribution < 1.29 is 4.79 Å². The molecular weight excluding hydrogens is 363 g/mol. The number of rotatable bonds is 4. The second kappa shape index (κ2) is 7.53. The standard InChI is InChI=1S/C14H17BrCl2N2O/c15-9-6-11(16)14(12(17)7-9)18-8-13(20)19-10-4-2-1-3-5-10/h6-7,10,18H,1-5,8H2,(H,19,20). The highest BCUT2D eigenvalue weighted by atomic mass is 79.9. The summed E-state index contributed by atoms with van der Waals surface area (Å²) in [6.45, 7) is 0.178. The molecule has 1 aliphatic carbocycles. The van der Waals surface area contributed by atoms with E-state index in [0.717, 1.165) is 17.3 Å². The van der Waals surface area contributed by atoms with Gasteiger partial charge in [-0.15, -0.1) is 0 Å².